The molecule has 0 aromatic heterocycles. The van der Waals surface area contributed by atoms with Crippen LogP contribution in [0.15, 0.2) is 54.6 Å². The van der Waals surface area contributed by atoms with Gasteiger partial charge in [-0.2, -0.15) is 0 Å². The largest absolute Gasteiger partial charge is 0.496 e. The molecular weight excluding hydrogens is 484 g/mol. The van der Waals surface area contributed by atoms with Crippen molar-refractivity contribution >= 4 is 21.6 Å². The van der Waals surface area contributed by atoms with E-state index in [9.17, 15) is 13.2 Å². The van der Waals surface area contributed by atoms with Crippen molar-refractivity contribution in [1.82, 2.24) is 5.32 Å². The maximum absolute atomic E-state index is 13.0. The van der Waals surface area contributed by atoms with Crippen LogP contribution in [-0.4, -0.2) is 27.7 Å². The van der Waals surface area contributed by atoms with Crippen molar-refractivity contribution in [2.45, 2.75) is 60.0 Å². The molecular formula is C30H38N2O4S. The SMILES string of the molecule is COc1cc(C)c(C(C)NC(=O)c2ccc(CN(c3ccc(C)c(C)c3)S(C)(=O)=O)cc2)cc1C(C)C. The Labute approximate surface area is 221 Å². The van der Waals surface area contributed by atoms with Crippen LogP contribution in [0.1, 0.15) is 76.5 Å². The van der Waals surface area contributed by atoms with Crippen LogP contribution in [0.5, 0.6) is 5.75 Å². The molecule has 3 aromatic rings. The number of anilines is 1. The van der Waals surface area contributed by atoms with Gasteiger partial charge >= 0.3 is 0 Å². The van der Waals surface area contributed by atoms with E-state index < -0.39 is 10.0 Å². The molecule has 0 bridgehead atoms. The second-order valence-electron chi connectivity index (χ2n) is 10.0. The molecule has 0 spiro atoms. The van der Waals surface area contributed by atoms with Crippen molar-refractivity contribution in [3.63, 3.8) is 0 Å². The van der Waals surface area contributed by atoms with E-state index in [4.69, 9.17) is 4.74 Å². The predicted molar refractivity (Wildman–Crippen MR) is 151 cm³/mol. The number of carbonyl (C=O) groups is 1. The van der Waals surface area contributed by atoms with Crippen molar-refractivity contribution in [2.24, 2.45) is 0 Å². The van der Waals surface area contributed by atoms with Crippen molar-refractivity contribution in [2.75, 3.05) is 17.7 Å². The van der Waals surface area contributed by atoms with Crippen LogP contribution >= 0.6 is 0 Å². The van der Waals surface area contributed by atoms with Gasteiger partial charge < -0.3 is 10.1 Å². The zero-order chi connectivity index (χ0) is 27.5. The Kier molecular flexibility index (Phi) is 8.69. The summed E-state index contributed by atoms with van der Waals surface area (Å²) in [5.74, 6) is 0.962. The molecule has 1 amide bonds. The van der Waals surface area contributed by atoms with Gasteiger partial charge in [-0.3, -0.25) is 9.10 Å². The molecule has 0 saturated carbocycles. The number of amides is 1. The number of sulfonamides is 1. The summed E-state index contributed by atoms with van der Waals surface area (Å²) in [6.07, 6.45) is 1.21. The fourth-order valence-electron chi connectivity index (χ4n) is 4.38. The average molecular weight is 523 g/mol. The number of nitrogens with one attached hydrogen (secondary N) is 1. The number of hydrogen-bond acceptors (Lipinski definition) is 4. The number of benzene rings is 3. The summed E-state index contributed by atoms with van der Waals surface area (Å²) in [6, 6.07) is 16.6. The van der Waals surface area contributed by atoms with E-state index in [0.29, 0.717) is 17.2 Å². The van der Waals surface area contributed by atoms with Gasteiger partial charge in [0.25, 0.3) is 5.91 Å². The molecule has 1 N–H and O–H groups in total. The molecule has 1 unspecified atom stereocenters. The van der Waals surface area contributed by atoms with Gasteiger partial charge in [0.2, 0.25) is 10.0 Å². The Morgan fingerprint density at radius 2 is 1.54 bits per heavy atom. The van der Waals surface area contributed by atoms with Crippen LogP contribution in [0, 0.1) is 20.8 Å². The fraction of sp³-hybridized carbons (Fsp3) is 0.367. The summed E-state index contributed by atoms with van der Waals surface area (Å²) in [6.45, 7) is 12.4. The molecule has 3 aromatic carbocycles. The maximum atomic E-state index is 13.0. The summed E-state index contributed by atoms with van der Waals surface area (Å²) in [7, 11) is -1.82. The monoisotopic (exact) mass is 522 g/mol. The molecule has 37 heavy (non-hydrogen) atoms. The molecule has 0 aliphatic heterocycles. The molecule has 3 rings (SSSR count). The quantitative estimate of drug-likeness (QED) is 0.363. The van der Waals surface area contributed by atoms with E-state index in [-0.39, 0.29) is 18.5 Å². The number of rotatable bonds is 9. The van der Waals surface area contributed by atoms with Crippen molar-refractivity contribution in [3.05, 3.63) is 93.5 Å². The first-order valence-electron chi connectivity index (χ1n) is 12.4. The topological polar surface area (TPSA) is 75.7 Å². The molecule has 0 saturated heterocycles. The summed E-state index contributed by atoms with van der Waals surface area (Å²) >= 11 is 0. The van der Waals surface area contributed by atoms with Gasteiger partial charge in [0, 0.05) is 5.56 Å². The highest BCUT2D eigenvalue weighted by molar-refractivity contribution is 7.92. The normalized spacial score (nSPS) is 12.4. The van der Waals surface area contributed by atoms with Crippen molar-refractivity contribution in [1.29, 1.82) is 0 Å². The molecule has 0 aliphatic carbocycles. The molecule has 0 radical (unpaired) electrons. The maximum Gasteiger partial charge on any atom is 0.251 e. The van der Waals surface area contributed by atoms with Crippen molar-refractivity contribution < 1.29 is 17.9 Å². The Morgan fingerprint density at radius 1 is 0.892 bits per heavy atom. The second kappa shape index (κ2) is 11.4. The Morgan fingerprint density at radius 3 is 2.08 bits per heavy atom. The Hall–Kier alpha value is -3.32. The smallest absolute Gasteiger partial charge is 0.251 e. The molecule has 0 heterocycles. The summed E-state index contributed by atoms with van der Waals surface area (Å²) in [5, 5.41) is 3.09. The van der Waals surface area contributed by atoms with Gasteiger partial charge in [0.1, 0.15) is 5.75 Å². The molecule has 7 heteroatoms. The minimum atomic E-state index is -3.49. The molecule has 198 valence electrons. The Bertz CT molecular complexity index is 1380. The number of nitrogens with zero attached hydrogens (tertiary/aromatic N) is 1. The zero-order valence-corrected chi connectivity index (χ0v) is 23.9. The molecule has 1 atom stereocenters. The second-order valence-corrected chi connectivity index (χ2v) is 11.9. The van der Waals surface area contributed by atoms with E-state index in [1.54, 1.807) is 31.4 Å². The first kappa shape index (κ1) is 28.3. The van der Waals surface area contributed by atoms with Crippen LogP contribution in [0.4, 0.5) is 5.69 Å². The van der Waals surface area contributed by atoms with Gasteiger partial charge in [-0.15, -0.1) is 0 Å². The van der Waals surface area contributed by atoms with E-state index in [1.807, 2.05) is 52.0 Å². The number of hydrogen-bond donors (Lipinski definition) is 1. The number of ether oxygens (including phenoxy) is 1. The lowest BCUT2D eigenvalue weighted by Gasteiger charge is -2.23. The highest BCUT2D eigenvalue weighted by atomic mass is 32.2. The van der Waals surface area contributed by atoms with Crippen molar-refractivity contribution in [3.8, 4) is 5.75 Å². The summed E-state index contributed by atoms with van der Waals surface area (Å²) in [5.41, 5.74) is 7.27. The fourth-order valence-corrected chi connectivity index (χ4v) is 5.26. The molecule has 6 nitrogen and oxygen atoms in total. The first-order chi connectivity index (χ1) is 17.3. The number of aryl methyl sites for hydroxylation is 3. The number of methoxy groups -OCH3 is 1. The third-order valence-corrected chi connectivity index (χ3v) is 7.92. The van der Waals surface area contributed by atoms with Crippen LogP contribution in [0.25, 0.3) is 0 Å². The Balaban J connectivity index is 1.77. The third kappa shape index (κ3) is 6.72. The minimum Gasteiger partial charge on any atom is -0.496 e. The third-order valence-electron chi connectivity index (χ3n) is 6.78. The minimum absolute atomic E-state index is 0.183. The lowest BCUT2D eigenvalue weighted by Crippen LogP contribution is -2.29. The first-order valence-corrected chi connectivity index (χ1v) is 14.3. The van der Waals surface area contributed by atoms with E-state index >= 15 is 0 Å². The lowest BCUT2D eigenvalue weighted by molar-refractivity contribution is 0.0939. The van der Waals surface area contributed by atoms with Gasteiger partial charge in [0.15, 0.2) is 0 Å². The van der Waals surface area contributed by atoms with Crippen LogP contribution < -0.4 is 14.4 Å². The molecule has 0 fully saturated rings. The average Bonchev–Trinajstić information content (AvgIpc) is 2.83. The van der Waals surface area contributed by atoms with E-state index in [2.05, 4.69) is 25.2 Å². The van der Waals surface area contributed by atoms with Gasteiger partial charge in [-0.05, 0) is 103 Å². The van der Waals surface area contributed by atoms with Crippen LogP contribution in [-0.2, 0) is 16.6 Å². The molecule has 0 aliphatic rings. The van der Waals surface area contributed by atoms with Gasteiger partial charge in [-0.25, -0.2) is 8.42 Å². The van der Waals surface area contributed by atoms with Gasteiger partial charge in [0.05, 0.1) is 31.6 Å². The summed E-state index contributed by atoms with van der Waals surface area (Å²) in [4.78, 5) is 13.0. The van der Waals surface area contributed by atoms with Crippen LogP contribution in [0.3, 0.4) is 0 Å². The standard InChI is InChI=1S/C30H38N2O4S/c1-19(2)27-17-28(22(5)16-29(27)36-7)23(6)31-30(33)25-12-10-24(11-13-25)18-32(37(8,34)35)26-14-9-20(3)21(4)15-26/h9-17,19,23H,18H2,1-8H3,(H,31,33). The number of carbonyl (C=O) groups excluding carboxylic acids is 1. The predicted octanol–water partition coefficient (Wildman–Crippen LogP) is 6.20. The highest BCUT2D eigenvalue weighted by Crippen LogP contribution is 2.32. The highest BCUT2D eigenvalue weighted by Gasteiger charge is 2.20. The van der Waals surface area contributed by atoms with Crippen LogP contribution in [0.2, 0.25) is 0 Å². The van der Waals surface area contributed by atoms with E-state index in [0.717, 1.165) is 39.1 Å². The summed E-state index contributed by atoms with van der Waals surface area (Å²) < 4.78 is 32.0. The van der Waals surface area contributed by atoms with E-state index in [1.165, 1.54) is 10.6 Å². The zero-order valence-electron chi connectivity index (χ0n) is 23.0. The van der Waals surface area contributed by atoms with Gasteiger partial charge in [-0.1, -0.05) is 32.0 Å². The lowest BCUT2D eigenvalue weighted by atomic mass is 9.93.